The lowest BCUT2D eigenvalue weighted by Crippen LogP contribution is -2.16. The van der Waals surface area contributed by atoms with Gasteiger partial charge in [0.15, 0.2) is 17.3 Å². The Hall–Kier alpha value is -3.61. The average Bonchev–Trinajstić information content (AvgIpc) is 3.36. The number of carbonyl (C=O) groups excluding carboxylic acids is 2. The van der Waals surface area contributed by atoms with E-state index in [1.807, 2.05) is 26.0 Å². The first-order chi connectivity index (χ1) is 15.9. The van der Waals surface area contributed by atoms with Crippen LogP contribution in [-0.4, -0.2) is 45.4 Å². The van der Waals surface area contributed by atoms with Gasteiger partial charge in [-0.3, -0.25) is 14.6 Å². The number of ether oxygens (including phenoxy) is 4. The molecule has 2 aromatic carbocycles. The fraction of sp³-hybridized carbons (Fsp3) is 0.346. The molecule has 1 aliphatic heterocycles. The molecule has 0 bridgehead atoms. The molecular weight excluding hydrogens is 422 g/mol. The molecule has 0 spiro atoms. The van der Waals surface area contributed by atoms with Crippen LogP contribution in [0, 0.1) is 5.92 Å². The number of esters is 1. The number of rotatable bonds is 10. The van der Waals surface area contributed by atoms with Crippen molar-refractivity contribution in [2.75, 3.05) is 27.9 Å². The highest BCUT2D eigenvalue weighted by Crippen LogP contribution is 2.39. The van der Waals surface area contributed by atoms with Crippen LogP contribution < -0.4 is 14.2 Å². The van der Waals surface area contributed by atoms with Crippen molar-refractivity contribution >= 4 is 17.5 Å². The molecule has 33 heavy (non-hydrogen) atoms. The first-order valence-electron chi connectivity index (χ1n) is 10.7. The summed E-state index contributed by atoms with van der Waals surface area (Å²) in [6, 6.07) is 8.65. The van der Waals surface area contributed by atoms with Crippen molar-refractivity contribution < 1.29 is 28.5 Å². The smallest absolute Gasteiger partial charge is 0.310 e. The first kappa shape index (κ1) is 24.0. The van der Waals surface area contributed by atoms with E-state index in [0.717, 1.165) is 11.3 Å². The molecule has 0 saturated carbocycles. The van der Waals surface area contributed by atoms with Gasteiger partial charge in [0.25, 0.3) is 0 Å². The summed E-state index contributed by atoms with van der Waals surface area (Å²) >= 11 is 0. The Labute approximate surface area is 194 Å². The van der Waals surface area contributed by atoms with Gasteiger partial charge in [0.05, 0.1) is 40.1 Å². The topological polar surface area (TPSA) is 83.4 Å². The third kappa shape index (κ3) is 5.61. The van der Waals surface area contributed by atoms with Gasteiger partial charge in [0.2, 0.25) is 5.75 Å². The van der Waals surface area contributed by atoms with Crippen LogP contribution in [0.5, 0.6) is 17.2 Å². The highest BCUT2D eigenvalue weighted by Gasteiger charge is 2.22. The van der Waals surface area contributed by atoms with Crippen LogP contribution in [0.1, 0.15) is 47.3 Å². The summed E-state index contributed by atoms with van der Waals surface area (Å²) in [6.45, 7) is 4.27. The Bertz CT molecular complexity index is 1070. The number of ketones is 1. The van der Waals surface area contributed by atoms with Crippen molar-refractivity contribution in [2.45, 2.75) is 26.7 Å². The molecular formula is C26H29NO6. The zero-order valence-corrected chi connectivity index (χ0v) is 19.6. The third-order valence-electron chi connectivity index (χ3n) is 5.17. The quantitative estimate of drug-likeness (QED) is 0.394. The Kier molecular flexibility index (Phi) is 7.87. The zero-order chi connectivity index (χ0) is 24.0. The number of methoxy groups -OCH3 is 3. The Morgan fingerprint density at radius 2 is 1.70 bits per heavy atom. The van der Waals surface area contributed by atoms with Gasteiger partial charge in [-0.05, 0) is 35.2 Å². The molecule has 7 nitrogen and oxygen atoms in total. The summed E-state index contributed by atoms with van der Waals surface area (Å²) in [5, 5.41) is 0. The first-order valence-corrected chi connectivity index (χ1v) is 10.7. The molecule has 0 atom stereocenters. The normalized spacial score (nSPS) is 12.5. The van der Waals surface area contributed by atoms with E-state index in [2.05, 4.69) is 4.99 Å². The van der Waals surface area contributed by atoms with Gasteiger partial charge in [0, 0.05) is 23.7 Å². The highest BCUT2D eigenvalue weighted by molar-refractivity contribution is 6.13. The maximum absolute atomic E-state index is 13.7. The maximum Gasteiger partial charge on any atom is 0.310 e. The number of carbonyl (C=O) groups is 2. The second-order valence-corrected chi connectivity index (χ2v) is 8.03. The molecule has 0 saturated heterocycles. The number of hydrogen-bond acceptors (Lipinski definition) is 7. The average molecular weight is 452 g/mol. The Morgan fingerprint density at radius 1 is 1.00 bits per heavy atom. The van der Waals surface area contributed by atoms with Gasteiger partial charge in [-0.2, -0.15) is 0 Å². The molecule has 0 amide bonds. The molecule has 1 heterocycles. The predicted molar refractivity (Wildman–Crippen MR) is 126 cm³/mol. The van der Waals surface area contributed by atoms with Gasteiger partial charge in [-0.1, -0.05) is 32.1 Å². The van der Waals surface area contributed by atoms with Gasteiger partial charge < -0.3 is 18.9 Å². The van der Waals surface area contributed by atoms with Crippen LogP contribution in [0.3, 0.4) is 0 Å². The van der Waals surface area contributed by atoms with Crippen LogP contribution >= 0.6 is 0 Å². The lowest BCUT2D eigenvalue weighted by Gasteiger charge is -2.15. The molecule has 0 N–H and O–H groups in total. The molecule has 0 radical (unpaired) electrons. The minimum atomic E-state index is -0.379. The Morgan fingerprint density at radius 3 is 2.24 bits per heavy atom. The van der Waals surface area contributed by atoms with Crippen molar-refractivity contribution in [3.05, 3.63) is 64.9 Å². The highest BCUT2D eigenvalue weighted by atomic mass is 16.5. The Balaban J connectivity index is 2.03. The summed E-state index contributed by atoms with van der Waals surface area (Å²) in [4.78, 5) is 30.5. The van der Waals surface area contributed by atoms with Crippen LogP contribution in [0.2, 0.25) is 0 Å². The molecule has 0 aromatic heterocycles. The van der Waals surface area contributed by atoms with E-state index in [-0.39, 0.29) is 24.1 Å². The number of allylic oxidation sites excluding steroid dienone is 1. The van der Waals surface area contributed by atoms with E-state index in [0.29, 0.717) is 47.0 Å². The van der Waals surface area contributed by atoms with Gasteiger partial charge in [0.1, 0.15) is 0 Å². The molecule has 0 fully saturated rings. The van der Waals surface area contributed by atoms with Crippen LogP contribution in [0.15, 0.2) is 47.6 Å². The van der Waals surface area contributed by atoms with Crippen LogP contribution in [0.25, 0.3) is 0 Å². The lowest BCUT2D eigenvalue weighted by molar-refractivity contribution is -0.143. The summed E-state index contributed by atoms with van der Waals surface area (Å²) in [5.41, 5.74) is 3.03. The van der Waals surface area contributed by atoms with Crippen LogP contribution in [0.4, 0.5) is 0 Å². The largest absolute Gasteiger partial charge is 0.493 e. The summed E-state index contributed by atoms with van der Waals surface area (Å²) < 4.78 is 21.5. The molecule has 0 aliphatic carbocycles. The van der Waals surface area contributed by atoms with Crippen LogP contribution in [-0.2, 0) is 16.0 Å². The molecule has 2 aromatic rings. The van der Waals surface area contributed by atoms with E-state index >= 15 is 0 Å². The second-order valence-electron chi connectivity index (χ2n) is 8.03. The van der Waals surface area contributed by atoms with Crippen molar-refractivity contribution in [3.8, 4) is 17.2 Å². The van der Waals surface area contributed by atoms with E-state index in [9.17, 15) is 9.59 Å². The summed E-state index contributed by atoms with van der Waals surface area (Å²) in [5.74, 6) is 0.723. The van der Waals surface area contributed by atoms with Crippen molar-refractivity contribution in [1.29, 1.82) is 0 Å². The number of nitrogens with zero attached hydrogens (tertiary/aromatic N) is 1. The molecule has 1 aliphatic rings. The summed E-state index contributed by atoms with van der Waals surface area (Å²) in [7, 11) is 4.49. The van der Waals surface area contributed by atoms with E-state index in [4.69, 9.17) is 18.9 Å². The number of benzene rings is 2. The van der Waals surface area contributed by atoms with Gasteiger partial charge in [-0.25, -0.2) is 0 Å². The van der Waals surface area contributed by atoms with Gasteiger partial charge >= 0.3 is 5.97 Å². The number of hydrogen-bond donors (Lipinski definition) is 0. The SMILES string of the molecule is COc1cc(C(=O)c2cc(C3=NC=CC3)ccc2CC(=O)OCC(C)C)cc(OC)c1OC. The monoisotopic (exact) mass is 451 g/mol. The summed E-state index contributed by atoms with van der Waals surface area (Å²) in [6.07, 6.45) is 4.37. The van der Waals surface area contributed by atoms with Crippen molar-refractivity contribution in [2.24, 2.45) is 10.9 Å². The third-order valence-corrected chi connectivity index (χ3v) is 5.17. The standard InChI is InChI=1S/C26H29NO6/c1-16(2)15-33-24(28)14-17-8-9-18(21-7-6-10-27-21)11-20(17)25(29)19-12-22(30-3)26(32-5)23(13-19)31-4/h6,8-13,16H,7,14-15H2,1-5H3. The molecule has 174 valence electrons. The predicted octanol–water partition coefficient (Wildman–Crippen LogP) is 4.39. The minimum Gasteiger partial charge on any atom is -0.493 e. The fourth-order valence-electron chi connectivity index (χ4n) is 3.51. The van der Waals surface area contributed by atoms with E-state index < -0.39 is 0 Å². The minimum absolute atomic E-state index is 0.0107. The van der Waals surface area contributed by atoms with Crippen molar-refractivity contribution in [1.82, 2.24) is 0 Å². The van der Waals surface area contributed by atoms with E-state index in [1.54, 1.807) is 30.5 Å². The lowest BCUT2D eigenvalue weighted by atomic mass is 9.92. The zero-order valence-electron chi connectivity index (χ0n) is 19.6. The van der Waals surface area contributed by atoms with E-state index in [1.165, 1.54) is 21.3 Å². The second kappa shape index (κ2) is 10.8. The fourth-order valence-corrected chi connectivity index (χ4v) is 3.51. The molecule has 3 rings (SSSR count). The maximum atomic E-state index is 13.7. The molecule has 0 unspecified atom stereocenters. The number of aliphatic imine (C=N–C) groups is 1. The van der Waals surface area contributed by atoms with Crippen molar-refractivity contribution in [3.63, 3.8) is 0 Å². The molecule has 7 heteroatoms. The van der Waals surface area contributed by atoms with Gasteiger partial charge in [-0.15, -0.1) is 0 Å².